The minimum atomic E-state index is -3.54. The number of hydrogen-bond donors (Lipinski definition) is 1. The largest absolute Gasteiger partial charge is 0.323 e. The Hall–Kier alpha value is -1.93. The average molecular weight is 435 g/mol. The summed E-state index contributed by atoms with van der Waals surface area (Å²) in [5.74, 6) is 0.110. The number of benzene rings is 2. The van der Waals surface area contributed by atoms with Crippen molar-refractivity contribution in [3.63, 3.8) is 0 Å². The third kappa shape index (κ3) is 3.92. The number of sulfonamides is 1. The molecule has 0 saturated carbocycles. The predicted octanol–water partition coefficient (Wildman–Crippen LogP) is 1.21. The van der Waals surface area contributed by atoms with E-state index in [1.54, 1.807) is 12.1 Å². The first-order valence-electron chi connectivity index (χ1n) is 9.87. The fourth-order valence-electron chi connectivity index (χ4n) is 4.18. The first-order chi connectivity index (χ1) is 13.9. The van der Waals surface area contributed by atoms with Crippen LogP contribution in [-0.2, 0) is 21.2 Å². The molecule has 0 bridgehead atoms. The van der Waals surface area contributed by atoms with E-state index >= 15 is 0 Å². The van der Waals surface area contributed by atoms with Gasteiger partial charge in [0.25, 0.3) is 5.91 Å². The molecule has 2 aromatic rings. The van der Waals surface area contributed by atoms with Gasteiger partial charge in [-0.3, -0.25) is 4.79 Å². The summed E-state index contributed by atoms with van der Waals surface area (Å²) in [6.07, 6.45) is 0.886. The normalized spacial score (nSPS) is 19.2. The Morgan fingerprint density at radius 2 is 1.69 bits per heavy atom. The third-order valence-electron chi connectivity index (χ3n) is 5.95. The zero-order valence-corrected chi connectivity index (χ0v) is 17.9. The second kappa shape index (κ2) is 8.07. The van der Waals surface area contributed by atoms with E-state index in [4.69, 9.17) is 11.6 Å². The van der Waals surface area contributed by atoms with Crippen LogP contribution >= 0.6 is 11.6 Å². The molecule has 1 N–H and O–H groups in total. The standard InChI is InChI=1S/C21H24ClN3O3S/c1-16(21(26)25-11-10-17-4-2-3-5-20(17)25)23-12-14-24(15-13-23)29(27,28)19-8-6-18(22)7-9-19/h2-9,16H,10-15H2,1H3/p+1/t16-/m0/s1. The van der Waals surface area contributed by atoms with E-state index in [0.29, 0.717) is 37.7 Å². The molecule has 2 aromatic carbocycles. The van der Waals surface area contributed by atoms with Crippen molar-refractivity contribution in [1.29, 1.82) is 0 Å². The van der Waals surface area contributed by atoms with Gasteiger partial charge < -0.3 is 9.80 Å². The lowest BCUT2D eigenvalue weighted by Crippen LogP contribution is -3.19. The molecule has 0 spiro atoms. The van der Waals surface area contributed by atoms with Crippen LogP contribution in [0, 0.1) is 0 Å². The van der Waals surface area contributed by atoms with Crippen molar-refractivity contribution < 1.29 is 18.1 Å². The zero-order valence-electron chi connectivity index (χ0n) is 16.3. The van der Waals surface area contributed by atoms with Gasteiger partial charge in [-0.1, -0.05) is 29.8 Å². The van der Waals surface area contributed by atoms with E-state index in [1.807, 2.05) is 30.0 Å². The summed E-state index contributed by atoms with van der Waals surface area (Å²) in [7, 11) is -3.54. The molecule has 6 nitrogen and oxygen atoms in total. The lowest BCUT2D eigenvalue weighted by molar-refractivity contribution is -0.917. The summed E-state index contributed by atoms with van der Waals surface area (Å²) in [5.41, 5.74) is 2.22. The Balaban J connectivity index is 1.40. The van der Waals surface area contributed by atoms with Crippen LogP contribution in [0.3, 0.4) is 0 Å². The van der Waals surface area contributed by atoms with Crippen molar-refractivity contribution in [3.05, 3.63) is 59.1 Å². The average Bonchev–Trinajstić information content (AvgIpc) is 3.17. The van der Waals surface area contributed by atoms with Gasteiger partial charge in [0.05, 0.1) is 31.1 Å². The Morgan fingerprint density at radius 3 is 2.38 bits per heavy atom. The van der Waals surface area contributed by atoms with Crippen molar-refractivity contribution in [2.75, 3.05) is 37.6 Å². The van der Waals surface area contributed by atoms with E-state index in [9.17, 15) is 13.2 Å². The number of rotatable bonds is 4. The van der Waals surface area contributed by atoms with Gasteiger partial charge in [0.1, 0.15) is 0 Å². The molecule has 1 fully saturated rings. The molecule has 1 amide bonds. The van der Waals surface area contributed by atoms with Gasteiger partial charge in [-0.05, 0) is 49.2 Å². The molecule has 2 aliphatic rings. The molecule has 0 radical (unpaired) electrons. The highest BCUT2D eigenvalue weighted by atomic mass is 35.5. The highest BCUT2D eigenvalue weighted by Gasteiger charge is 2.37. The van der Waals surface area contributed by atoms with Crippen LogP contribution in [0.5, 0.6) is 0 Å². The Morgan fingerprint density at radius 1 is 1.03 bits per heavy atom. The Kier molecular flexibility index (Phi) is 5.66. The molecule has 8 heteroatoms. The molecule has 0 aromatic heterocycles. The Bertz CT molecular complexity index is 1000. The molecule has 0 unspecified atom stereocenters. The zero-order chi connectivity index (χ0) is 20.6. The Labute approximate surface area is 176 Å². The lowest BCUT2D eigenvalue weighted by Gasteiger charge is -2.35. The summed E-state index contributed by atoms with van der Waals surface area (Å²) >= 11 is 5.87. The summed E-state index contributed by atoms with van der Waals surface area (Å²) in [6, 6.07) is 14.1. The second-order valence-corrected chi connectivity index (χ2v) is 9.98. The molecule has 2 heterocycles. The van der Waals surface area contributed by atoms with Crippen LogP contribution in [0.4, 0.5) is 5.69 Å². The monoisotopic (exact) mass is 434 g/mol. The molecule has 154 valence electrons. The number of para-hydroxylation sites is 1. The predicted molar refractivity (Wildman–Crippen MR) is 113 cm³/mol. The molecule has 0 aliphatic carbocycles. The van der Waals surface area contributed by atoms with E-state index in [2.05, 4.69) is 6.07 Å². The van der Waals surface area contributed by atoms with Gasteiger partial charge in [-0.25, -0.2) is 8.42 Å². The maximum atomic E-state index is 13.1. The van der Waals surface area contributed by atoms with Gasteiger partial charge in [-0.2, -0.15) is 4.31 Å². The third-order valence-corrected chi connectivity index (χ3v) is 8.12. The smallest absolute Gasteiger partial charge is 0.284 e. The van der Waals surface area contributed by atoms with Crippen LogP contribution in [0.15, 0.2) is 53.4 Å². The number of nitrogens with one attached hydrogen (secondary N) is 1. The number of hydrogen-bond acceptors (Lipinski definition) is 3. The van der Waals surface area contributed by atoms with Crippen molar-refractivity contribution in [3.8, 4) is 0 Å². The van der Waals surface area contributed by atoms with Gasteiger partial charge in [0, 0.05) is 17.3 Å². The van der Waals surface area contributed by atoms with Gasteiger partial charge >= 0.3 is 0 Å². The molecule has 1 saturated heterocycles. The fraction of sp³-hybridized carbons (Fsp3) is 0.381. The van der Waals surface area contributed by atoms with Crippen molar-refractivity contribution in [2.45, 2.75) is 24.3 Å². The quantitative estimate of drug-likeness (QED) is 0.786. The molecular formula is C21H25ClN3O3S+. The van der Waals surface area contributed by atoms with Crippen LogP contribution in [0.1, 0.15) is 12.5 Å². The van der Waals surface area contributed by atoms with Crippen LogP contribution in [0.25, 0.3) is 0 Å². The van der Waals surface area contributed by atoms with E-state index in [1.165, 1.54) is 22.0 Å². The van der Waals surface area contributed by atoms with E-state index < -0.39 is 10.0 Å². The molecular weight excluding hydrogens is 410 g/mol. The SMILES string of the molecule is C[C@@H](C(=O)N1CCc2ccccc21)[NH+]1CCN(S(=O)(=O)c2ccc(Cl)cc2)CC1. The molecule has 29 heavy (non-hydrogen) atoms. The first-order valence-corrected chi connectivity index (χ1v) is 11.7. The maximum Gasteiger partial charge on any atom is 0.284 e. The van der Waals surface area contributed by atoms with Crippen molar-refractivity contribution >= 4 is 33.2 Å². The number of quaternary nitrogens is 1. The van der Waals surface area contributed by atoms with Gasteiger partial charge in [0.2, 0.25) is 10.0 Å². The minimum Gasteiger partial charge on any atom is -0.323 e. The minimum absolute atomic E-state index is 0.110. The number of fused-ring (bicyclic) bond motifs is 1. The first kappa shape index (κ1) is 20.3. The van der Waals surface area contributed by atoms with E-state index in [-0.39, 0.29) is 16.8 Å². The van der Waals surface area contributed by atoms with Crippen LogP contribution < -0.4 is 9.80 Å². The second-order valence-electron chi connectivity index (χ2n) is 7.61. The molecule has 2 aliphatic heterocycles. The number of amides is 1. The number of anilines is 1. The topological polar surface area (TPSA) is 62.1 Å². The van der Waals surface area contributed by atoms with Crippen LogP contribution in [0.2, 0.25) is 5.02 Å². The van der Waals surface area contributed by atoms with Gasteiger partial charge in [-0.15, -0.1) is 0 Å². The lowest BCUT2D eigenvalue weighted by atomic mass is 10.1. The fourth-order valence-corrected chi connectivity index (χ4v) is 5.75. The summed E-state index contributed by atoms with van der Waals surface area (Å²) in [6.45, 7) is 4.67. The molecule has 4 rings (SSSR count). The van der Waals surface area contributed by atoms with Crippen molar-refractivity contribution in [1.82, 2.24) is 4.31 Å². The maximum absolute atomic E-state index is 13.1. The highest BCUT2D eigenvalue weighted by Crippen LogP contribution is 2.27. The number of carbonyl (C=O) groups is 1. The van der Waals surface area contributed by atoms with E-state index in [0.717, 1.165) is 17.0 Å². The summed E-state index contributed by atoms with van der Waals surface area (Å²) < 4.78 is 27.2. The summed E-state index contributed by atoms with van der Waals surface area (Å²) in [4.78, 5) is 16.4. The molecule has 1 atom stereocenters. The van der Waals surface area contributed by atoms with Crippen LogP contribution in [-0.4, -0.2) is 57.4 Å². The van der Waals surface area contributed by atoms with Crippen molar-refractivity contribution in [2.24, 2.45) is 0 Å². The van der Waals surface area contributed by atoms with Gasteiger partial charge in [0.15, 0.2) is 6.04 Å². The summed E-state index contributed by atoms with van der Waals surface area (Å²) in [5, 5.41) is 0.508. The number of piperazine rings is 1. The number of carbonyl (C=O) groups excluding carboxylic acids is 1. The number of halogens is 1. The number of nitrogens with zero attached hydrogens (tertiary/aromatic N) is 2. The highest BCUT2D eigenvalue weighted by molar-refractivity contribution is 7.89.